The second-order valence-electron chi connectivity index (χ2n) is 6.70. The van der Waals surface area contributed by atoms with E-state index in [0.29, 0.717) is 11.9 Å². The van der Waals surface area contributed by atoms with Crippen molar-refractivity contribution >= 4 is 16.9 Å². The van der Waals surface area contributed by atoms with Crippen LogP contribution in [0.4, 0.5) is 6.01 Å². The van der Waals surface area contributed by atoms with E-state index in [-0.39, 0.29) is 0 Å². The van der Waals surface area contributed by atoms with Gasteiger partial charge in [-0.25, -0.2) is 0 Å². The largest absolute Gasteiger partial charge is 0.405 e. The van der Waals surface area contributed by atoms with Gasteiger partial charge in [0.05, 0.1) is 11.9 Å². The van der Waals surface area contributed by atoms with Crippen LogP contribution >= 0.6 is 0 Å². The monoisotopic (exact) mass is 363 g/mol. The number of rotatable bonds is 4. The molecule has 1 aliphatic rings. The number of aromatic nitrogens is 5. The van der Waals surface area contributed by atoms with E-state index in [2.05, 4.69) is 56.0 Å². The fourth-order valence-electron chi connectivity index (χ4n) is 4.00. The summed E-state index contributed by atoms with van der Waals surface area (Å²) in [5.41, 5.74) is 3.63. The Morgan fingerprint density at radius 1 is 1.30 bits per heavy atom. The molecule has 0 aliphatic carbocycles. The van der Waals surface area contributed by atoms with Crippen LogP contribution in [-0.2, 0) is 18.5 Å². The van der Waals surface area contributed by atoms with E-state index >= 15 is 0 Å². The number of nitrogens with zero attached hydrogens (tertiary/aromatic N) is 4. The van der Waals surface area contributed by atoms with Gasteiger partial charge in [0.1, 0.15) is 0 Å². The van der Waals surface area contributed by atoms with Crippen molar-refractivity contribution in [3.05, 3.63) is 59.4 Å². The number of nitrogens with one attached hydrogen (secondary N) is 3. The zero-order valence-corrected chi connectivity index (χ0v) is 15.3. The Morgan fingerprint density at radius 3 is 2.96 bits per heavy atom. The highest BCUT2D eigenvalue weighted by molar-refractivity contribution is 5.86. The fraction of sp³-hybridized carbons (Fsp3) is 0.316. The van der Waals surface area contributed by atoms with E-state index in [9.17, 15) is 0 Å². The van der Waals surface area contributed by atoms with Crippen molar-refractivity contribution < 1.29 is 4.42 Å². The molecule has 4 aromatic rings. The Labute approximate surface area is 156 Å². The first-order valence-electron chi connectivity index (χ1n) is 9.16. The molecule has 0 spiro atoms. The predicted octanol–water partition coefficient (Wildman–Crippen LogP) is 2.25. The fourth-order valence-corrected chi connectivity index (χ4v) is 4.00. The molecule has 1 unspecified atom stereocenters. The second kappa shape index (κ2) is 5.95. The van der Waals surface area contributed by atoms with Crippen molar-refractivity contribution in [1.29, 1.82) is 0 Å². The van der Waals surface area contributed by atoms with Gasteiger partial charge >= 0.3 is 6.01 Å². The highest BCUT2D eigenvalue weighted by Crippen LogP contribution is 2.42. The zero-order valence-electron chi connectivity index (χ0n) is 15.3. The topological polar surface area (TPSA) is 96.6 Å². The summed E-state index contributed by atoms with van der Waals surface area (Å²) in [5.74, 6) is 0.495. The minimum absolute atomic E-state index is 0.386. The number of aromatic amines is 1. The summed E-state index contributed by atoms with van der Waals surface area (Å²) in [6.45, 7) is 3.66. The van der Waals surface area contributed by atoms with Gasteiger partial charge in [-0.05, 0) is 25.0 Å². The van der Waals surface area contributed by atoms with E-state index < -0.39 is 5.54 Å². The molecule has 0 fully saturated rings. The standard InChI is InChI=1S/C19H21N7O/c1-3-26-11-12(10-22-26)19(17-24-25-18(20-2)27-17)16-14(8-9-21-19)13-6-4-5-7-15(13)23-16/h4-7,10-11,21,23H,3,8-9H2,1-2H3,(H,20,25). The lowest BCUT2D eigenvalue weighted by Crippen LogP contribution is -2.49. The second-order valence-corrected chi connectivity index (χ2v) is 6.70. The predicted molar refractivity (Wildman–Crippen MR) is 102 cm³/mol. The van der Waals surface area contributed by atoms with Gasteiger partial charge in [-0.3, -0.25) is 10.00 Å². The van der Waals surface area contributed by atoms with Crippen LogP contribution in [0, 0.1) is 0 Å². The van der Waals surface area contributed by atoms with Crippen molar-refractivity contribution in [3.63, 3.8) is 0 Å². The van der Waals surface area contributed by atoms with Crippen molar-refractivity contribution in [2.75, 3.05) is 18.9 Å². The minimum Gasteiger partial charge on any atom is -0.405 e. The molecule has 27 heavy (non-hydrogen) atoms. The molecule has 0 amide bonds. The quantitative estimate of drug-likeness (QED) is 0.515. The average Bonchev–Trinajstić information content (AvgIpc) is 3.45. The van der Waals surface area contributed by atoms with Crippen molar-refractivity contribution in [1.82, 2.24) is 30.3 Å². The van der Waals surface area contributed by atoms with Crippen LogP contribution in [0.5, 0.6) is 0 Å². The normalized spacial score (nSPS) is 19.3. The summed E-state index contributed by atoms with van der Waals surface area (Å²) < 4.78 is 7.88. The van der Waals surface area contributed by atoms with Gasteiger partial charge in [0.15, 0.2) is 5.54 Å². The number of fused-ring (bicyclic) bond motifs is 3. The molecule has 0 radical (unpaired) electrons. The van der Waals surface area contributed by atoms with Gasteiger partial charge in [-0.2, -0.15) is 5.10 Å². The van der Waals surface area contributed by atoms with Gasteiger partial charge in [0, 0.05) is 42.8 Å². The van der Waals surface area contributed by atoms with E-state index in [4.69, 9.17) is 4.42 Å². The summed E-state index contributed by atoms with van der Waals surface area (Å²) >= 11 is 0. The third-order valence-electron chi connectivity index (χ3n) is 5.30. The van der Waals surface area contributed by atoms with Gasteiger partial charge in [-0.15, -0.1) is 5.10 Å². The Bertz CT molecular complexity index is 1060. The molecule has 0 saturated heterocycles. The first-order valence-corrected chi connectivity index (χ1v) is 9.16. The van der Waals surface area contributed by atoms with E-state index in [1.54, 1.807) is 7.05 Å². The van der Waals surface area contributed by atoms with Crippen molar-refractivity contribution in [2.45, 2.75) is 25.4 Å². The Morgan fingerprint density at radius 2 is 2.19 bits per heavy atom. The van der Waals surface area contributed by atoms with E-state index in [0.717, 1.165) is 36.3 Å². The molecule has 4 heterocycles. The van der Waals surface area contributed by atoms with Gasteiger partial charge < -0.3 is 14.7 Å². The SMILES string of the molecule is CCn1cc(C2(c3nnc(NC)o3)NCCc3c2[nH]c2ccccc32)cn1. The third-order valence-corrected chi connectivity index (χ3v) is 5.30. The summed E-state index contributed by atoms with van der Waals surface area (Å²) in [7, 11) is 1.77. The zero-order chi connectivity index (χ0) is 18.4. The Hall–Kier alpha value is -3.13. The summed E-state index contributed by atoms with van der Waals surface area (Å²) in [6.07, 6.45) is 4.84. The maximum Gasteiger partial charge on any atom is 0.315 e. The molecular weight excluding hydrogens is 342 g/mol. The van der Waals surface area contributed by atoms with Crippen LogP contribution < -0.4 is 10.6 Å². The molecule has 1 aromatic carbocycles. The number of anilines is 1. The number of benzene rings is 1. The lowest BCUT2D eigenvalue weighted by molar-refractivity contribution is 0.342. The third kappa shape index (κ3) is 2.23. The van der Waals surface area contributed by atoms with Crippen LogP contribution in [0.1, 0.15) is 29.6 Å². The van der Waals surface area contributed by atoms with Crippen LogP contribution in [0.3, 0.4) is 0 Å². The van der Waals surface area contributed by atoms with Crippen molar-refractivity contribution in [2.24, 2.45) is 0 Å². The number of hydrogen-bond acceptors (Lipinski definition) is 6. The smallest absolute Gasteiger partial charge is 0.315 e. The first kappa shape index (κ1) is 16.1. The molecular formula is C19H21N7O. The molecule has 1 aliphatic heterocycles. The lowest BCUT2D eigenvalue weighted by Gasteiger charge is -2.34. The average molecular weight is 363 g/mol. The van der Waals surface area contributed by atoms with Crippen LogP contribution in [0.25, 0.3) is 10.9 Å². The number of H-pyrrole nitrogens is 1. The maximum atomic E-state index is 5.97. The summed E-state index contributed by atoms with van der Waals surface area (Å²) in [6, 6.07) is 8.75. The molecule has 8 heteroatoms. The molecule has 3 N–H and O–H groups in total. The number of para-hydroxylation sites is 1. The first-order chi connectivity index (χ1) is 13.3. The highest BCUT2D eigenvalue weighted by Gasteiger charge is 2.47. The highest BCUT2D eigenvalue weighted by atomic mass is 16.4. The van der Waals surface area contributed by atoms with E-state index in [1.807, 2.05) is 23.1 Å². The number of aryl methyl sites for hydroxylation is 1. The molecule has 3 aromatic heterocycles. The van der Waals surface area contributed by atoms with Gasteiger partial charge in [0.25, 0.3) is 0 Å². The van der Waals surface area contributed by atoms with E-state index in [1.165, 1.54) is 10.9 Å². The van der Waals surface area contributed by atoms with Gasteiger partial charge in [-0.1, -0.05) is 23.3 Å². The number of hydrogen-bond donors (Lipinski definition) is 3. The minimum atomic E-state index is -0.762. The maximum absolute atomic E-state index is 5.97. The molecule has 8 nitrogen and oxygen atoms in total. The van der Waals surface area contributed by atoms with Crippen LogP contribution in [-0.4, -0.2) is 38.6 Å². The van der Waals surface area contributed by atoms with Crippen molar-refractivity contribution in [3.8, 4) is 0 Å². The summed E-state index contributed by atoms with van der Waals surface area (Å²) in [5, 5.41) is 20.8. The van der Waals surface area contributed by atoms with Crippen LogP contribution in [0.15, 0.2) is 41.1 Å². The van der Waals surface area contributed by atoms with Crippen LogP contribution in [0.2, 0.25) is 0 Å². The molecule has 138 valence electrons. The lowest BCUT2D eigenvalue weighted by atomic mass is 9.82. The Kier molecular flexibility index (Phi) is 3.54. The molecule has 5 rings (SSSR count). The van der Waals surface area contributed by atoms with Gasteiger partial charge in [0.2, 0.25) is 5.89 Å². The molecule has 0 bridgehead atoms. The molecule has 0 saturated carbocycles. The Balaban J connectivity index is 1.82. The molecule has 1 atom stereocenters. The summed E-state index contributed by atoms with van der Waals surface area (Å²) in [4.78, 5) is 3.61.